The molecular weight excluding hydrogens is 336 g/mol. The van der Waals surface area contributed by atoms with Gasteiger partial charge in [0.05, 0.1) is 0 Å². The number of imidazole rings is 1. The van der Waals surface area contributed by atoms with Crippen LogP contribution in [0.2, 0.25) is 0 Å². The Kier molecular flexibility index (Phi) is 4.75. The summed E-state index contributed by atoms with van der Waals surface area (Å²) < 4.78 is 29.5. The maximum atomic E-state index is 12.9. The maximum Gasteiger partial charge on any atom is 0.262 e. The van der Waals surface area contributed by atoms with Crippen LogP contribution in [-0.4, -0.2) is 48.5 Å². The number of piperidine rings is 1. The molecule has 0 atom stereocenters. The van der Waals surface area contributed by atoms with E-state index in [0.717, 1.165) is 64.0 Å². The number of aryl methyl sites for hydroxylation is 2. The van der Waals surface area contributed by atoms with Gasteiger partial charge in [-0.15, -0.1) is 12.4 Å². The highest BCUT2D eigenvalue weighted by molar-refractivity contribution is 7.89. The van der Waals surface area contributed by atoms with Gasteiger partial charge < -0.3 is 9.88 Å². The lowest BCUT2D eigenvalue weighted by Gasteiger charge is -2.33. The van der Waals surface area contributed by atoms with Crippen LogP contribution in [0.3, 0.4) is 0 Å². The van der Waals surface area contributed by atoms with Crippen LogP contribution in [0.5, 0.6) is 0 Å². The van der Waals surface area contributed by atoms with Gasteiger partial charge in [-0.05, 0) is 50.6 Å². The minimum Gasteiger partial charge on any atom is -0.333 e. The summed E-state index contributed by atoms with van der Waals surface area (Å²) in [5.41, 5.74) is 0.192. The zero-order chi connectivity index (χ0) is 15.2. The predicted molar refractivity (Wildman–Crippen MR) is 90.3 cm³/mol. The summed E-state index contributed by atoms with van der Waals surface area (Å²) in [6.07, 6.45) is 8.01. The van der Waals surface area contributed by atoms with E-state index >= 15 is 0 Å². The van der Waals surface area contributed by atoms with Crippen molar-refractivity contribution in [2.75, 3.05) is 26.2 Å². The van der Waals surface area contributed by atoms with Crippen LogP contribution in [0.15, 0.2) is 11.2 Å². The minimum absolute atomic E-state index is 0. The van der Waals surface area contributed by atoms with Crippen molar-refractivity contribution in [3.05, 3.63) is 12.0 Å². The van der Waals surface area contributed by atoms with E-state index in [4.69, 9.17) is 0 Å². The van der Waals surface area contributed by atoms with Crippen molar-refractivity contribution in [3.8, 4) is 0 Å². The number of aromatic nitrogens is 2. The fourth-order valence-electron chi connectivity index (χ4n) is 4.11. The summed E-state index contributed by atoms with van der Waals surface area (Å²) in [4.78, 5) is 4.42. The number of hydrogen-bond acceptors (Lipinski definition) is 4. The van der Waals surface area contributed by atoms with Gasteiger partial charge in [0.25, 0.3) is 10.0 Å². The van der Waals surface area contributed by atoms with Gasteiger partial charge >= 0.3 is 0 Å². The fourth-order valence-corrected chi connectivity index (χ4v) is 5.63. The molecule has 1 spiro atoms. The van der Waals surface area contributed by atoms with Crippen LogP contribution < -0.4 is 5.32 Å². The Labute approximate surface area is 144 Å². The molecular formula is C15H25ClN4O2S. The molecule has 130 valence electrons. The third-order valence-corrected chi connectivity index (χ3v) is 7.27. The number of fused-ring (bicyclic) bond motifs is 1. The number of nitrogens with one attached hydrogen (secondary N) is 1. The predicted octanol–water partition coefficient (Wildman–Crippen LogP) is 1.41. The zero-order valence-electron chi connectivity index (χ0n) is 13.3. The van der Waals surface area contributed by atoms with Gasteiger partial charge in [0.2, 0.25) is 0 Å². The van der Waals surface area contributed by atoms with Crippen molar-refractivity contribution in [2.24, 2.45) is 5.41 Å². The molecule has 8 heteroatoms. The van der Waals surface area contributed by atoms with E-state index in [2.05, 4.69) is 10.3 Å². The summed E-state index contributed by atoms with van der Waals surface area (Å²) in [6.45, 7) is 4.22. The third kappa shape index (κ3) is 3.04. The lowest BCUT2D eigenvalue weighted by Crippen LogP contribution is -2.39. The average Bonchev–Trinajstić information content (AvgIpc) is 3.13. The molecule has 0 bridgehead atoms. The molecule has 6 nitrogen and oxygen atoms in total. The number of hydrogen-bond donors (Lipinski definition) is 1. The Bertz CT molecular complexity index is 644. The van der Waals surface area contributed by atoms with E-state index in [1.807, 2.05) is 4.57 Å². The first kappa shape index (κ1) is 17.2. The van der Waals surface area contributed by atoms with E-state index in [-0.39, 0.29) is 22.8 Å². The first-order valence-electron chi connectivity index (χ1n) is 8.36. The van der Waals surface area contributed by atoms with Gasteiger partial charge in [0.15, 0.2) is 5.03 Å². The molecule has 2 fully saturated rings. The molecule has 4 rings (SSSR count). The van der Waals surface area contributed by atoms with Crippen molar-refractivity contribution in [1.82, 2.24) is 19.2 Å². The Balaban J connectivity index is 0.00000156. The molecule has 3 aliphatic heterocycles. The van der Waals surface area contributed by atoms with Crippen LogP contribution in [0, 0.1) is 5.41 Å². The smallest absolute Gasteiger partial charge is 0.262 e. The average molecular weight is 361 g/mol. The van der Waals surface area contributed by atoms with E-state index in [9.17, 15) is 8.42 Å². The Morgan fingerprint density at radius 3 is 2.65 bits per heavy atom. The second-order valence-corrected chi connectivity index (χ2v) is 8.87. The second kappa shape index (κ2) is 6.35. The lowest BCUT2D eigenvalue weighted by molar-refractivity contribution is 0.218. The molecule has 0 unspecified atom stereocenters. The van der Waals surface area contributed by atoms with E-state index in [1.54, 1.807) is 10.5 Å². The van der Waals surface area contributed by atoms with Crippen LogP contribution in [-0.2, 0) is 23.0 Å². The highest BCUT2D eigenvalue weighted by Gasteiger charge is 2.44. The largest absolute Gasteiger partial charge is 0.333 e. The van der Waals surface area contributed by atoms with Gasteiger partial charge in [0, 0.05) is 32.3 Å². The highest BCUT2D eigenvalue weighted by Crippen LogP contribution is 2.40. The van der Waals surface area contributed by atoms with Crippen molar-refractivity contribution in [1.29, 1.82) is 0 Å². The van der Waals surface area contributed by atoms with Crippen LogP contribution in [0.1, 0.15) is 37.9 Å². The molecule has 1 N–H and O–H groups in total. The minimum atomic E-state index is -3.43. The van der Waals surface area contributed by atoms with Gasteiger partial charge in [0.1, 0.15) is 5.82 Å². The van der Waals surface area contributed by atoms with Gasteiger partial charge in [-0.1, -0.05) is 0 Å². The van der Waals surface area contributed by atoms with Gasteiger partial charge in [-0.2, -0.15) is 4.31 Å². The van der Waals surface area contributed by atoms with Crippen LogP contribution in [0.25, 0.3) is 0 Å². The lowest BCUT2D eigenvalue weighted by atomic mass is 9.78. The zero-order valence-corrected chi connectivity index (χ0v) is 15.0. The van der Waals surface area contributed by atoms with Gasteiger partial charge in [-0.25, -0.2) is 13.4 Å². The molecule has 2 saturated heterocycles. The number of halogens is 1. The number of rotatable bonds is 2. The summed E-state index contributed by atoms with van der Waals surface area (Å²) in [6, 6.07) is 0. The fraction of sp³-hybridized carbons (Fsp3) is 0.800. The molecule has 0 aliphatic carbocycles. The molecule has 0 aromatic carbocycles. The van der Waals surface area contributed by atoms with Crippen molar-refractivity contribution >= 4 is 22.4 Å². The monoisotopic (exact) mass is 360 g/mol. The maximum absolute atomic E-state index is 12.9. The summed E-state index contributed by atoms with van der Waals surface area (Å²) in [5, 5.41) is 3.63. The molecule has 3 aliphatic rings. The van der Waals surface area contributed by atoms with Crippen LogP contribution in [0.4, 0.5) is 0 Å². The van der Waals surface area contributed by atoms with Crippen molar-refractivity contribution < 1.29 is 8.42 Å². The first-order chi connectivity index (χ1) is 10.6. The summed E-state index contributed by atoms with van der Waals surface area (Å²) >= 11 is 0. The Morgan fingerprint density at radius 1 is 1.13 bits per heavy atom. The van der Waals surface area contributed by atoms with Crippen molar-refractivity contribution in [3.63, 3.8) is 0 Å². The number of sulfonamides is 1. The molecule has 4 heterocycles. The topological polar surface area (TPSA) is 67.2 Å². The number of nitrogens with zero attached hydrogens (tertiary/aromatic N) is 3. The molecule has 23 heavy (non-hydrogen) atoms. The Morgan fingerprint density at radius 2 is 1.91 bits per heavy atom. The molecule has 0 amide bonds. The van der Waals surface area contributed by atoms with Gasteiger partial charge in [-0.3, -0.25) is 0 Å². The quantitative estimate of drug-likeness (QED) is 0.865. The Hall–Kier alpha value is -0.630. The summed E-state index contributed by atoms with van der Waals surface area (Å²) in [5.74, 6) is 0.931. The molecule has 0 saturated carbocycles. The first-order valence-corrected chi connectivity index (χ1v) is 9.80. The van der Waals surface area contributed by atoms with Crippen molar-refractivity contribution in [2.45, 2.75) is 50.1 Å². The van der Waals surface area contributed by atoms with E-state index in [1.165, 1.54) is 0 Å². The normalized spacial score (nSPS) is 24.3. The van der Waals surface area contributed by atoms with E-state index < -0.39 is 10.0 Å². The molecule has 1 aromatic heterocycles. The highest BCUT2D eigenvalue weighted by atomic mass is 35.5. The van der Waals surface area contributed by atoms with Crippen LogP contribution >= 0.6 is 12.4 Å². The third-order valence-electron chi connectivity index (χ3n) is 5.56. The molecule has 0 radical (unpaired) electrons. The molecule has 1 aromatic rings. The van der Waals surface area contributed by atoms with E-state index in [0.29, 0.717) is 13.1 Å². The SMILES string of the molecule is Cl.O=S(=O)(c1cn2c(n1)CCCC2)N1CCC2(CCNCC2)C1. The summed E-state index contributed by atoms with van der Waals surface area (Å²) in [7, 11) is -3.43. The second-order valence-electron chi connectivity index (χ2n) is 6.98. The standard InChI is InChI=1S/C15H24N4O2S.ClH/c20-22(21,14-11-18-9-2-1-3-13(18)17-14)19-10-6-15(12-19)4-7-16-8-5-15;/h11,16H,1-10,12H2;1H.